The van der Waals surface area contributed by atoms with Gasteiger partial charge in [-0.15, -0.1) is 0 Å². The molecule has 146 valence electrons. The van der Waals surface area contributed by atoms with E-state index in [0.29, 0.717) is 29.4 Å². The van der Waals surface area contributed by atoms with E-state index in [-0.39, 0.29) is 5.69 Å². The molecule has 0 saturated carbocycles. The van der Waals surface area contributed by atoms with Crippen LogP contribution in [-0.4, -0.2) is 28.6 Å². The molecule has 8 heteroatoms. The smallest absolute Gasteiger partial charge is 0.270 e. The number of aromatic nitrogens is 1. The minimum absolute atomic E-state index is 0.00181. The lowest BCUT2D eigenvalue weighted by molar-refractivity contribution is -0.384. The van der Waals surface area contributed by atoms with Gasteiger partial charge in [0, 0.05) is 23.9 Å². The molecule has 1 heterocycles. The van der Waals surface area contributed by atoms with Crippen molar-refractivity contribution in [2.24, 2.45) is 10.1 Å². The van der Waals surface area contributed by atoms with Gasteiger partial charge in [0.05, 0.1) is 23.4 Å². The second-order valence-electron chi connectivity index (χ2n) is 5.82. The zero-order chi connectivity index (χ0) is 20.5. The SMILES string of the molecule is CCOc1ccc(N=C(N/N=C\c2cccc([N+](=O)[O-])c2)c2ccccn2)cc1. The van der Waals surface area contributed by atoms with Crippen molar-refractivity contribution in [1.29, 1.82) is 0 Å². The van der Waals surface area contributed by atoms with Crippen LogP contribution in [0.25, 0.3) is 0 Å². The van der Waals surface area contributed by atoms with Crippen LogP contribution in [0.3, 0.4) is 0 Å². The Hall–Kier alpha value is -4.07. The summed E-state index contributed by atoms with van der Waals surface area (Å²) in [6.07, 6.45) is 3.15. The third-order valence-corrected chi connectivity index (χ3v) is 3.76. The Bertz CT molecular complexity index is 1020. The molecule has 0 spiro atoms. The maximum Gasteiger partial charge on any atom is 0.270 e. The third-order valence-electron chi connectivity index (χ3n) is 3.76. The Morgan fingerprint density at radius 2 is 2.00 bits per heavy atom. The number of aliphatic imine (C=N–C) groups is 1. The normalized spacial score (nSPS) is 11.4. The largest absolute Gasteiger partial charge is 0.494 e. The monoisotopic (exact) mass is 389 g/mol. The average molecular weight is 389 g/mol. The predicted octanol–water partition coefficient (Wildman–Crippen LogP) is 4.09. The fraction of sp³-hybridized carbons (Fsp3) is 0.0952. The second kappa shape index (κ2) is 9.75. The van der Waals surface area contributed by atoms with E-state index in [1.165, 1.54) is 18.3 Å². The van der Waals surface area contributed by atoms with Crippen LogP contribution in [0, 0.1) is 10.1 Å². The average Bonchev–Trinajstić information content (AvgIpc) is 2.75. The summed E-state index contributed by atoms with van der Waals surface area (Å²) in [7, 11) is 0. The highest BCUT2D eigenvalue weighted by Crippen LogP contribution is 2.19. The van der Waals surface area contributed by atoms with Crippen molar-refractivity contribution >= 4 is 23.4 Å². The van der Waals surface area contributed by atoms with Crippen molar-refractivity contribution in [1.82, 2.24) is 10.4 Å². The van der Waals surface area contributed by atoms with Crippen LogP contribution in [0.2, 0.25) is 0 Å². The van der Waals surface area contributed by atoms with E-state index in [4.69, 9.17) is 4.74 Å². The first-order chi connectivity index (χ1) is 14.2. The number of nitrogens with one attached hydrogen (secondary N) is 1. The number of amidine groups is 1. The van der Waals surface area contributed by atoms with E-state index in [0.717, 1.165) is 5.75 Å². The van der Waals surface area contributed by atoms with Gasteiger partial charge in [-0.3, -0.25) is 20.5 Å². The lowest BCUT2D eigenvalue weighted by atomic mass is 10.2. The Balaban J connectivity index is 1.83. The molecule has 0 amide bonds. The molecule has 3 rings (SSSR count). The van der Waals surface area contributed by atoms with Crippen LogP contribution in [0.4, 0.5) is 11.4 Å². The van der Waals surface area contributed by atoms with Crippen molar-refractivity contribution in [3.63, 3.8) is 0 Å². The lowest BCUT2D eigenvalue weighted by Crippen LogP contribution is -2.20. The fourth-order valence-electron chi connectivity index (χ4n) is 2.44. The molecule has 8 nitrogen and oxygen atoms in total. The highest BCUT2D eigenvalue weighted by molar-refractivity contribution is 5.99. The van der Waals surface area contributed by atoms with E-state index in [1.54, 1.807) is 18.3 Å². The summed E-state index contributed by atoms with van der Waals surface area (Å²) in [4.78, 5) is 19.3. The van der Waals surface area contributed by atoms with Crippen molar-refractivity contribution in [2.75, 3.05) is 6.61 Å². The third kappa shape index (κ3) is 5.70. The summed E-state index contributed by atoms with van der Waals surface area (Å²) in [6, 6.07) is 19.0. The number of nitro benzene ring substituents is 1. The molecule has 3 aromatic rings. The number of nitro groups is 1. The number of hydrogen-bond donors (Lipinski definition) is 1. The van der Waals surface area contributed by atoms with Gasteiger partial charge in [0.2, 0.25) is 0 Å². The van der Waals surface area contributed by atoms with Gasteiger partial charge in [-0.05, 0) is 43.3 Å². The highest BCUT2D eigenvalue weighted by Gasteiger charge is 2.06. The van der Waals surface area contributed by atoms with Crippen LogP contribution in [0.1, 0.15) is 18.2 Å². The molecule has 0 atom stereocenters. The van der Waals surface area contributed by atoms with E-state index < -0.39 is 4.92 Å². The predicted molar refractivity (Wildman–Crippen MR) is 112 cm³/mol. The van der Waals surface area contributed by atoms with Crippen molar-refractivity contribution < 1.29 is 9.66 Å². The van der Waals surface area contributed by atoms with Gasteiger partial charge >= 0.3 is 0 Å². The van der Waals surface area contributed by atoms with Crippen molar-refractivity contribution in [2.45, 2.75) is 6.92 Å². The van der Waals surface area contributed by atoms with Crippen molar-refractivity contribution in [3.05, 3.63) is 94.3 Å². The lowest BCUT2D eigenvalue weighted by Gasteiger charge is -2.06. The molecule has 0 aliphatic carbocycles. The number of ether oxygens (including phenoxy) is 1. The van der Waals surface area contributed by atoms with Gasteiger partial charge in [0.1, 0.15) is 11.4 Å². The molecular weight excluding hydrogens is 370 g/mol. The first-order valence-corrected chi connectivity index (χ1v) is 8.92. The van der Waals surface area contributed by atoms with Gasteiger partial charge in [-0.25, -0.2) is 4.99 Å². The Morgan fingerprint density at radius 1 is 1.17 bits per heavy atom. The van der Waals surface area contributed by atoms with Gasteiger partial charge in [-0.2, -0.15) is 5.10 Å². The van der Waals surface area contributed by atoms with Gasteiger partial charge in [0.25, 0.3) is 5.69 Å². The number of benzene rings is 2. The maximum absolute atomic E-state index is 10.9. The molecule has 0 radical (unpaired) electrons. The summed E-state index contributed by atoms with van der Waals surface area (Å²) in [5, 5.41) is 15.1. The summed E-state index contributed by atoms with van der Waals surface area (Å²) < 4.78 is 5.44. The van der Waals surface area contributed by atoms with Crippen LogP contribution >= 0.6 is 0 Å². The van der Waals surface area contributed by atoms with E-state index in [1.807, 2.05) is 49.4 Å². The number of hydrogen-bond acceptors (Lipinski definition) is 6. The summed E-state index contributed by atoms with van der Waals surface area (Å²) in [5.41, 5.74) is 4.78. The molecule has 1 aromatic heterocycles. The van der Waals surface area contributed by atoms with Crippen molar-refractivity contribution in [3.8, 4) is 5.75 Å². The van der Waals surface area contributed by atoms with E-state index >= 15 is 0 Å². The summed E-state index contributed by atoms with van der Waals surface area (Å²) in [5.74, 6) is 1.21. The summed E-state index contributed by atoms with van der Waals surface area (Å²) >= 11 is 0. The van der Waals surface area contributed by atoms with Crippen LogP contribution in [-0.2, 0) is 0 Å². The highest BCUT2D eigenvalue weighted by atomic mass is 16.6. The maximum atomic E-state index is 10.9. The van der Waals surface area contributed by atoms with Gasteiger partial charge in [0.15, 0.2) is 5.84 Å². The zero-order valence-electron chi connectivity index (χ0n) is 15.7. The van der Waals surface area contributed by atoms with E-state index in [9.17, 15) is 10.1 Å². The van der Waals surface area contributed by atoms with Gasteiger partial charge < -0.3 is 4.74 Å². The Morgan fingerprint density at radius 3 is 2.69 bits per heavy atom. The number of hydrazone groups is 1. The Kier molecular flexibility index (Phi) is 6.62. The molecule has 2 aromatic carbocycles. The topological polar surface area (TPSA) is 102 Å². The molecule has 0 aliphatic heterocycles. The van der Waals surface area contributed by atoms with Gasteiger partial charge in [-0.1, -0.05) is 18.2 Å². The summed E-state index contributed by atoms with van der Waals surface area (Å²) in [6.45, 7) is 2.52. The number of nitrogens with zero attached hydrogens (tertiary/aromatic N) is 4. The molecule has 1 N–H and O–H groups in total. The number of rotatable bonds is 7. The standard InChI is InChI=1S/C21H19N5O3/c1-2-29-19-11-9-17(10-12-19)24-21(20-8-3-4-13-22-20)25-23-15-16-6-5-7-18(14-16)26(27)28/h3-15H,2H2,1H3,(H,24,25)/b23-15-. The molecule has 0 fully saturated rings. The molecule has 0 saturated heterocycles. The molecule has 0 unspecified atom stereocenters. The van der Waals surface area contributed by atoms with Crippen LogP contribution in [0.5, 0.6) is 5.75 Å². The second-order valence-corrected chi connectivity index (χ2v) is 5.82. The minimum Gasteiger partial charge on any atom is -0.494 e. The van der Waals surface area contributed by atoms with Crippen LogP contribution in [0.15, 0.2) is 83.0 Å². The zero-order valence-corrected chi connectivity index (χ0v) is 15.7. The molecule has 0 bridgehead atoms. The first-order valence-electron chi connectivity index (χ1n) is 8.92. The quantitative estimate of drug-likeness (QED) is 0.284. The number of pyridine rings is 1. The fourth-order valence-corrected chi connectivity index (χ4v) is 2.44. The molecule has 0 aliphatic rings. The minimum atomic E-state index is -0.447. The molecular formula is C21H19N5O3. The Labute approximate surface area is 167 Å². The van der Waals surface area contributed by atoms with Crippen LogP contribution < -0.4 is 10.2 Å². The molecule has 29 heavy (non-hydrogen) atoms. The van der Waals surface area contributed by atoms with E-state index in [2.05, 4.69) is 20.5 Å². The number of non-ortho nitro benzene ring substituents is 1. The first kappa shape index (κ1) is 19.7.